The van der Waals surface area contributed by atoms with Crippen molar-refractivity contribution in [3.8, 4) is 0 Å². The summed E-state index contributed by atoms with van der Waals surface area (Å²) in [6.45, 7) is 5.27. The van der Waals surface area contributed by atoms with Crippen LogP contribution in [0.2, 0.25) is 5.28 Å². The fourth-order valence-corrected chi connectivity index (χ4v) is 3.27. The molecule has 0 spiro atoms. The molecule has 0 saturated heterocycles. The van der Waals surface area contributed by atoms with Gasteiger partial charge in [-0.3, -0.25) is 4.68 Å². The number of halogens is 1. The molecule has 0 radical (unpaired) electrons. The van der Waals surface area contributed by atoms with E-state index in [0.717, 1.165) is 11.8 Å². The highest BCUT2D eigenvalue weighted by Gasteiger charge is 2.19. The molecule has 0 saturated carbocycles. The summed E-state index contributed by atoms with van der Waals surface area (Å²) in [6.07, 6.45) is 2.77. The SMILES string of the molecule is CCOCCn1nc(CNS(C)(=O)=O)c2nc(Cl)nc(Nc3cc(C)ccn3)c21. The predicted octanol–water partition coefficient (Wildman–Crippen LogP) is 2.01. The van der Waals surface area contributed by atoms with Gasteiger partial charge in [-0.1, -0.05) is 0 Å². The van der Waals surface area contributed by atoms with E-state index in [0.29, 0.717) is 48.1 Å². The first-order valence-electron chi connectivity index (χ1n) is 8.92. The number of fused-ring (bicyclic) bond motifs is 1. The maximum atomic E-state index is 11.5. The highest BCUT2D eigenvalue weighted by Crippen LogP contribution is 2.27. The maximum absolute atomic E-state index is 11.5. The molecule has 156 valence electrons. The third-order valence-electron chi connectivity index (χ3n) is 3.94. The Hall–Kier alpha value is -2.34. The van der Waals surface area contributed by atoms with Gasteiger partial charge in [0.2, 0.25) is 15.3 Å². The smallest absolute Gasteiger partial charge is 0.225 e. The lowest BCUT2D eigenvalue weighted by Crippen LogP contribution is -2.21. The summed E-state index contributed by atoms with van der Waals surface area (Å²) in [5.41, 5.74) is 2.50. The topological polar surface area (TPSA) is 124 Å². The molecular weight excluding hydrogens is 418 g/mol. The largest absolute Gasteiger partial charge is 0.380 e. The van der Waals surface area contributed by atoms with Crippen molar-refractivity contribution in [3.63, 3.8) is 0 Å². The molecule has 10 nitrogen and oxygen atoms in total. The van der Waals surface area contributed by atoms with Gasteiger partial charge in [0.05, 0.1) is 26.0 Å². The van der Waals surface area contributed by atoms with Gasteiger partial charge in [-0.05, 0) is 43.1 Å². The van der Waals surface area contributed by atoms with Crippen LogP contribution in [-0.2, 0) is 27.8 Å². The Labute approximate surface area is 173 Å². The Morgan fingerprint density at radius 1 is 1.31 bits per heavy atom. The van der Waals surface area contributed by atoms with E-state index in [9.17, 15) is 8.42 Å². The van der Waals surface area contributed by atoms with E-state index in [-0.39, 0.29) is 11.8 Å². The monoisotopic (exact) mass is 439 g/mol. The van der Waals surface area contributed by atoms with Crippen LogP contribution in [0, 0.1) is 6.92 Å². The average molecular weight is 440 g/mol. The molecule has 0 fully saturated rings. The molecule has 0 atom stereocenters. The lowest BCUT2D eigenvalue weighted by molar-refractivity contribution is 0.137. The zero-order valence-electron chi connectivity index (χ0n) is 16.3. The van der Waals surface area contributed by atoms with Crippen LogP contribution in [0.5, 0.6) is 0 Å². The number of pyridine rings is 1. The zero-order valence-corrected chi connectivity index (χ0v) is 17.9. The van der Waals surface area contributed by atoms with E-state index < -0.39 is 10.0 Å². The summed E-state index contributed by atoms with van der Waals surface area (Å²) in [6, 6.07) is 3.75. The van der Waals surface area contributed by atoms with Crippen molar-refractivity contribution in [1.29, 1.82) is 0 Å². The van der Waals surface area contributed by atoms with Crippen molar-refractivity contribution in [2.45, 2.75) is 26.9 Å². The summed E-state index contributed by atoms with van der Waals surface area (Å²) in [5.74, 6) is 1.02. The first kappa shape index (κ1) is 21.4. The summed E-state index contributed by atoms with van der Waals surface area (Å²) >= 11 is 6.14. The van der Waals surface area contributed by atoms with Crippen LogP contribution in [0.15, 0.2) is 18.3 Å². The van der Waals surface area contributed by atoms with E-state index in [4.69, 9.17) is 16.3 Å². The number of anilines is 2. The number of sulfonamides is 1. The Morgan fingerprint density at radius 2 is 2.10 bits per heavy atom. The quantitative estimate of drug-likeness (QED) is 0.383. The highest BCUT2D eigenvalue weighted by atomic mass is 35.5. The van der Waals surface area contributed by atoms with Crippen LogP contribution in [0.4, 0.5) is 11.6 Å². The molecule has 2 N–H and O–H groups in total. The molecule has 0 amide bonds. The summed E-state index contributed by atoms with van der Waals surface area (Å²) in [4.78, 5) is 12.9. The number of nitrogens with one attached hydrogen (secondary N) is 2. The van der Waals surface area contributed by atoms with Crippen molar-refractivity contribution in [3.05, 3.63) is 34.9 Å². The van der Waals surface area contributed by atoms with Crippen LogP contribution in [-0.4, -0.2) is 52.6 Å². The number of hydrogen-bond acceptors (Lipinski definition) is 8. The van der Waals surface area contributed by atoms with Gasteiger partial charge in [0, 0.05) is 12.8 Å². The second kappa shape index (κ2) is 8.99. The van der Waals surface area contributed by atoms with Crippen LogP contribution in [0.3, 0.4) is 0 Å². The van der Waals surface area contributed by atoms with Gasteiger partial charge >= 0.3 is 0 Å². The minimum absolute atomic E-state index is 0.0117. The van der Waals surface area contributed by atoms with E-state index in [1.807, 2.05) is 26.0 Å². The van der Waals surface area contributed by atoms with Crippen molar-refractivity contribution >= 4 is 44.3 Å². The Kier molecular flexibility index (Phi) is 6.63. The van der Waals surface area contributed by atoms with E-state index in [1.54, 1.807) is 10.9 Å². The third kappa shape index (κ3) is 5.60. The zero-order chi connectivity index (χ0) is 21.0. The fraction of sp³-hybridized carbons (Fsp3) is 0.412. The van der Waals surface area contributed by atoms with E-state index in [2.05, 4.69) is 30.1 Å². The summed E-state index contributed by atoms with van der Waals surface area (Å²) < 4.78 is 32.6. The Bertz CT molecular complexity index is 1120. The first-order valence-corrected chi connectivity index (χ1v) is 11.2. The molecule has 3 heterocycles. The van der Waals surface area contributed by atoms with Crippen LogP contribution in [0.1, 0.15) is 18.2 Å². The summed E-state index contributed by atoms with van der Waals surface area (Å²) in [5, 5.41) is 7.68. The number of aromatic nitrogens is 5. The van der Waals surface area contributed by atoms with Crippen molar-refractivity contribution < 1.29 is 13.2 Å². The Balaban J connectivity index is 2.07. The second-order valence-corrected chi connectivity index (χ2v) is 8.51. The number of nitrogens with zero attached hydrogens (tertiary/aromatic N) is 5. The van der Waals surface area contributed by atoms with Gasteiger partial charge in [0.1, 0.15) is 22.5 Å². The summed E-state index contributed by atoms with van der Waals surface area (Å²) in [7, 11) is -3.40. The first-order chi connectivity index (χ1) is 13.8. The third-order valence-corrected chi connectivity index (χ3v) is 4.78. The number of ether oxygens (including phenoxy) is 1. The van der Waals surface area contributed by atoms with Gasteiger partial charge in [-0.25, -0.2) is 23.1 Å². The number of rotatable bonds is 9. The van der Waals surface area contributed by atoms with Gasteiger partial charge < -0.3 is 10.1 Å². The van der Waals surface area contributed by atoms with Gasteiger partial charge in [-0.2, -0.15) is 10.1 Å². The molecule has 3 rings (SSSR count). The number of aryl methyl sites for hydroxylation is 1. The van der Waals surface area contributed by atoms with Crippen LogP contribution < -0.4 is 10.0 Å². The Morgan fingerprint density at radius 3 is 2.79 bits per heavy atom. The maximum Gasteiger partial charge on any atom is 0.225 e. The van der Waals surface area contributed by atoms with Crippen LogP contribution in [0.25, 0.3) is 11.0 Å². The molecule has 0 unspecified atom stereocenters. The molecule has 0 bridgehead atoms. The highest BCUT2D eigenvalue weighted by molar-refractivity contribution is 7.88. The fourth-order valence-electron chi connectivity index (χ4n) is 2.71. The molecule has 0 aliphatic rings. The van der Waals surface area contributed by atoms with Crippen molar-refractivity contribution in [2.24, 2.45) is 0 Å². The van der Waals surface area contributed by atoms with E-state index >= 15 is 0 Å². The average Bonchev–Trinajstić information content (AvgIpc) is 2.97. The molecular formula is C17H22ClN7O3S. The molecule has 12 heteroatoms. The van der Waals surface area contributed by atoms with E-state index in [1.165, 1.54) is 0 Å². The second-order valence-electron chi connectivity index (χ2n) is 6.34. The molecule has 0 aromatic carbocycles. The van der Waals surface area contributed by atoms with Gasteiger partial charge in [0.15, 0.2) is 5.82 Å². The van der Waals surface area contributed by atoms with Crippen molar-refractivity contribution in [1.82, 2.24) is 29.5 Å². The molecule has 29 heavy (non-hydrogen) atoms. The lowest BCUT2D eigenvalue weighted by atomic mass is 10.3. The minimum atomic E-state index is -3.40. The normalized spacial score (nSPS) is 11.9. The molecule has 3 aromatic rings. The van der Waals surface area contributed by atoms with Crippen molar-refractivity contribution in [2.75, 3.05) is 24.8 Å². The molecule has 0 aliphatic carbocycles. The predicted molar refractivity (Wildman–Crippen MR) is 111 cm³/mol. The van der Waals surface area contributed by atoms with Gasteiger partial charge in [0.25, 0.3) is 0 Å². The standard InChI is InChI=1S/C17H22ClN7O3S/c1-4-28-8-7-25-15-14(12(24-25)10-20-29(3,26)27)22-17(18)23-16(15)21-13-9-11(2)5-6-19-13/h5-6,9,20H,4,7-8,10H2,1-3H3,(H,19,21,22,23). The van der Waals surface area contributed by atoms with Gasteiger partial charge in [-0.15, -0.1) is 0 Å². The lowest BCUT2D eigenvalue weighted by Gasteiger charge is -2.10. The minimum Gasteiger partial charge on any atom is -0.380 e. The molecule has 3 aromatic heterocycles. The molecule has 0 aliphatic heterocycles. The van der Waals surface area contributed by atoms with Crippen LogP contribution >= 0.6 is 11.6 Å². The number of hydrogen-bond donors (Lipinski definition) is 2.